The van der Waals surface area contributed by atoms with Gasteiger partial charge in [-0.05, 0) is 56.5 Å². The fraction of sp³-hybridized carbons (Fsp3) is 0.292. The molecule has 0 spiro atoms. The lowest BCUT2D eigenvalue weighted by Crippen LogP contribution is -2.39. The molecule has 2 heterocycles. The third-order valence-corrected chi connectivity index (χ3v) is 5.51. The number of rotatable bonds is 3. The molecule has 4 rings (SSSR count). The summed E-state index contributed by atoms with van der Waals surface area (Å²) >= 11 is 0. The molecule has 1 aliphatic heterocycles. The molecule has 1 aromatic heterocycles. The summed E-state index contributed by atoms with van der Waals surface area (Å²) in [4.78, 5) is 24.1. The van der Waals surface area contributed by atoms with E-state index in [1.807, 2.05) is 43.0 Å². The molecule has 148 valence electrons. The Kier molecular flexibility index (Phi) is 5.38. The molecule has 3 aromatic rings. The molecular formula is C24H24FN3O. The summed E-state index contributed by atoms with van der Waals surface area (Å²) in [5.74, 6) is 0.433. The molecule has 0 bridgehead atoms. The van der Waals surface area contributed by atoms with Crippen molar-refractivity contribution < 1.29 is 9.18 Å². The number of aromatic nitrogens is 2. The lowest BCUT2D eigenvalue weighted by molar-refractivity contribution is 0.0705. The molecule has 29 heavy (non-hydrogen) atoms. The maximum absolute atomic E-state index is 13.6. The van der Waals surface area contributed by atoms with Gasteiger partial charge in [-0.3, -0.25) is 4.79 Å². The van der Waals surface area contributed by atoms with E-state index in [0.29, 0.717) is 17.9 Å². The highest BCUT2D eigenvalue weighted by Crippen LogP contribution is 2.28. The lowest BCUT2D eigenvalue weighted by atomic mass is 9.93. The van der Waals surface area contributed by atoms with Gasteiger partial charge in [0.25, 0.3) is 5.91 Å². The minimum atomic E-state index is -0.306. The Balaban J connectivity index is 1.56. The maximum Gasteiger partial charge on any atom is 0.254 e. The molecule has 1 fully saturated rings. The smallest absolute Gasteiger partial charge is 0.254 e. The maximum atomic E-state index is 13.6. The van der Waals surface area contributed by atoms with Gasteiger partial charge < -0.3 is 4.90 Å². The van der Waals surface area contributed by atoms with Crippen LogP contribution in [0.2, 0.25) is 0 Å². The van der Waals surface area contributed by atoms with Gasteiger partial charge in [0.05, 0.1) is 0 Å². The molecule has 5 heteroatoms. The number of hydrogen-bond acceptors (Lipinski definition) is 3. The van der Waals surface area contributed by atoms with Crippen molar-refractivity contribution >= 4 is 5.91 Å². The summed E-state index contributed by atoms with van der Waals surface area (Å²) in [6, 6.07) is 14.2. The standard InChI is InChI=1S/C24H24FN3O/c1-16-8-9-17(2)21(13-16)24(29)28-12-4-6-19(15-28)22-10-11-26-23(27-22)18-5-3-7-20(25)14-18/h3,5,7-11,13-14,19H,4,6,12,15H2,1-2H3/t19-/m1/s1. The van der Waals surface area contributed by atoms with Crippen LogP contribution in [0.15, 0.2) is 54.7 Å². The van der Waals surface area contributed by atoms with Gasteiger partial charge in [-0.1, -0.05) is 29.8 Å². The van der Waals surface area contributed by atoms with E-state index in [9.17, 15) is 9.18 Å². The zero-order valence-corrected chi connectivity index (χ0v) is 16.7. The minimum Gasteiger partial charge on any atom is -0.338 e. The molecule has 0 saturated carbocycles. The first-order valence-corrected chi connectivity index (χ1v) is 9.96. The number of piperidine rings is 1. The summed E-state index contributed by atoms with van der Waals surface area (Å²) in [5, 5.41) is 0. The topological polar surface area (TPSA) is 46.1 Å². The van der Waals surface area contributed by atoms with Gasteiger partial charge in [-0.2, -0.15) is 0 Å². The van der Waals surface area contributed by atoms with Crippen LogP contribution >= 0.6 is 0 Å². The Morgan fingerprint density at radius 2 is 2.00 bits per heavy atom. The predicted octanol–water partition coefficient (Wildman–Crippen LogP) is 4.92. The summed E-state index contributed by atoms with van der Waals surface area (Å²) < 4.78 is 13.6. The van der Waals surface area contributed by atoms with E-state index >= 15 is 0 Å². The van der Waals surface area contributed by atoms with Crippen molar-refractivity contribution in [3.8, 4) is 11.4 Å². The third kappa shape index (κ3) is 4.19. The molecule has 0 aliphatic carbocycles. The molecule has 1 saturated heterocycles. The molecule has 1 atom stereocenters. The minimum absolute atomic E-state index is 0.0790. The number of benzene rings is 2. The largest absolute Gasteiger partial charge is 0.338 e. The average Bonchev–Trinajstić information content (AvgIpc) is 2.75. The Morgan fingerprint density at radius 1 is 1.14 bits per heavy atom. The Bertz CT molecular complexity index is 1050. The first kappa shape index (κ1) is 19.2. The zero-order chi connectivity index (χ0) is 20.4. The molecular weight excluding hydrogens is 365 g/mol. The van der Waals surface area contributed by atoms with Gasteiger partial charge in [0.2, 0.25) is 0 Å². The number of likely N-dealkylation sites (tertiary alicyclic amines) is 1. The second-order valence-electron chi connectivity index (χ2n) is 7.72. The third-order valence-electron chi connectivity index (χ3n) is 5.51. The van der Waals surface area contributed by atoms with E-state index in [1.54, 1.807) is 18.3 Å². The molecule has 2 aromatic carbocycles. The molecule has 0 radical (unpaired) electrons. The van der Waals surface area contributed by atoms with Gasteiger partial charge >= 0.3 is 0 Å². The number of carbonyl (C=O) groups is 1. The molecule has 1 aliphatic rings. The fourth-order valence-corrected chi connectivity index (χ4v) is 3.91. The van der Waals surface area contributed by atoms with E-state index < -0.39 is 0 Å². The van der Waals surface area contributed by atoms with Crippen molar-refractivity contribution in [2.24, 2.45) is 0 Å². The van der Waals surface area contributed by atoms with Crippen LogP contribution in [0.25, 0.3) is 11.4 Å². The summed E-state index contributed by atoms with van der Waals surface area (Å²) in [5.41, 5.74) is 4.42. The fourth-order valence-electron chi connectivity index (χ4n) is 3.91. The molecule has 4 nitrogen and oxygen atoms in total. The van der Waals surface area contributed by atoms with E-state index in [1.165, 1.54) is 12.1 Å². The van der Waals surface area contributed by atoms with E-state index in [-0.39, 0.29) is 17.6 Å². The number of nitrogens with zero attached hydrogens (tertiary/aromatic N) is 3. The quantitative estimate of drug-likeness (QED) is 0.639. The Labute approximate surface area is 170 Å². The molecule has 0 unspecified atom stereocenters. The van der Waals surface area contributed by atoms with Gasteiger partial charge in [0, 0.05) is 42.0 Å². The second-order valence-corrected chi connectivity index (χ2v) is 7.72. The van der Waals surface area contributed by atoms with Gasteiger partial charge in [0.1, 0.15) is 5.82 Å². The van der Waals surface area contributed by atoms with Crippen molar-refractivity contribution in [1.29, 1.82) is 0 Å². The Hall–Kier alpha value is -3.08. The van der Waals surface area contributed by atoms with Crippen molar-refractivity contribution in [2.45, 2.75) is 32.6 Å². The number of halogens is 1. The first-order valence-electron chi connectivity index (χ1n) is 9.96. The van der Waals surface area contributed by atoms with Crippen molar-refractivity contribution in [1.82, 2.24) is 14.9 Å². The van der Waals surface area contributed by atoms with Gasteiger partial charge in [0.15, 0.2) is 5.82 Å². The highest BCUT2D eigenvalue weighted by molar-refractivity contribution is 5.96. The van der Waals surface area contributed by atoms with Crippen molar-refractivity contribution in [2.75, 3.05) is 13.1 Å². The lowest BCUT2D eigenvalue weighted by Gasteiger charge is -2.33. The molecule has 0 N–H and O–H groups in total. The van der Waals surface area contributed by atoms with E-state index in [0.717, 1.165) is 41.8 Å². The number of amides is 1. The van der Waals surface area contributed by atoms with Crippen LogP contribution in [0, 0.1) is 19.7 Å². The normalized spacial score (nSPS) is 16.7. The predicted molar refractivity (Wildman–Crippen MR) is 111 cm³/mol. The van der Waals surface area contributed by atoms with Crippen LogP contribution in [0.1, 0.15) is 45.9 Å². The highest BCUT2D eigenvalue weighted by atomic mass is 19.1. The van der Waals surface area contributed by atoms with Crippen LogP contribution in [0.4, 0.5) is 4.39 Å². The average molecular weight is 389 g/mol. The number of aryl methyl sites for hydroxylation is 2. The summed E-state index contributed by atoms with van der Waals surface area (Å²) in [7, 11) is 0. The summed E-state index contributed by atoms with van der Waals surface area (Å²) in [6.45, 7) is 5.37. The van der Waals surface area contributed by atoms with Crippen molar-refractivity contribution in [3.63, 3.8) is 0 Å². The SMILES string of the molecule is Cc1ccc(C)c(C(=O)N2CCC[C@@H](c3ccnc(-c4cccc(F)c4)n3)C2)c1. The van der Waals surface area contributed by atoms with E-state index in [4.69, 9.17) is 4.98 Å². The monoisotopic (exact) mass is 389 g/mol. The number of hydrogen-bond donors (Lipinski definition) is 0. The van der Waals surface area contributed by atoms with Crippen molar-refractivity contribution in [3.05, 3.63) is 82.9 Å². The highest BCUT2D eigenvalue weighted by Gasteiger charge is 2.27. The van der Waals surface area contributed by atoms with Gasteiger partial charge in [-0.25, -0.2) is 14.4 Å². The van der Waals surface area contributed by atoms with Crippen LogP contribution in [-0.4, -0.2) is 33.9 Å². The van der Waals surface area contributed by atoms with Gasteiger partial charge in [-0.15, -0.1) is 0 Å². The number of carbonyl (C=O) groups excluding carboxylic acids is 1. The summed E-state index contributed by atoms with van der Waals surface area (Å²) in [6.07, 6.45) is 3.62. The van der Waals surface area contributed by atoms with Crippen LogP contribution in [0.5, 0.6) is 0 Å². The first-order chi connectivity index (χ1) is 14.0. The second kappa shape index (κ2) is 8.11. The van der Waals surface area contributed by atoms with Crippen LogP contribution in [0.3, 0.4) is 0 Å². The Morgan fingerprint density at radius 3 is 2.83 bits per heavy atom. The molecule has 1 amide bonds. The van der Waals surface area contributed by atoms with Crippen LogP contribution < -0.4 is 0 Å². The van der Waals surface area contributed by atoms with E-state index in [2.05, 4.69) is 4.98 Å². The van der Waals surface area contributed by atoms with Crippen LogP contribution in [-0.2, 0) is 0 Å². The zero-order valence-electron chi connectivity index (χ0n) is 16.7.